The Kier molecular flexibility index (Phi) is 5.94. The molecule has 38 heavy (non-hydrogen) atoms. The van der Waals surface area contributed by atoms with E-state index in [4.69, 9.17) is 4.74 Å². The average Bonchev–Trinajstić information content (AvgIpc) is 3.21. The largest absolute Gasteiger partial charge is 0.438 e. The lowest BCUT2D eigenvalue weighted by Crippen LogP contribution is -2.46. The number of hydrogen-bond donors (Lipinski definition) is 1. The molecule has 0 unspecified atom stereocenters. The lowest BCUT2D eigenvalue weighted by molar-refractivity contribution is -0.141. The van der Waals surface area contributed by atoms with E-state index in [-0.39, 0.29) is 29.4 Å². The summed E-state index contributed by atoms with van der Waals surface area (Å²) in [5.41, 5.74) is 1.10. The zero-order chi connectivity index (χ0) is 26.8. The summed E-state index contributed by atoms with van der Waals surface area (Å²) < 4.78 is 46.5. The van der Waals surface area contributed by atoms with E-state index in [0.29, 0.717) is 18.2 Å². The highest BCUT2D eigenvalue weighted by atomic mass is 32.1. The molecule has 1 aromatic carbocycles. The van der Waals surface area contributed by atoms with Crippen molar-refractivity contribution in [3.8, 4) is 16.3 Å². The van der Waals surface area contributed by atoms with Crippen LogP contribution in [-0.2, 0) is 6.18 Å². The van der Waals surface area contributed by atoms with Crippen LogP contribution < -0.4 is 10.1 Å². The third-order valence-corrected chi connectivity index (χ3v) is 8.69. The maximum atomic E-state index is 13.7. The number of benzene rings is 1. The van der Waals surface area contributed by atoms with Crippen LogP contribution in [0.1, 0.15) is 33.2 Å². The molecule has 1 saturated carbocycles. The Morgan fingerprint density at radius 2 is 2.05 bits per heavy atom. The first kappa shape index (κ1) is 24.9. The summed E-state index contributed by atoms with van der Waals surface area (Å²) in [4.78, 5) is 37.0. The maximum absolute atomic E-state index is 13.7. The van der Waals surface area contributed by atoms with Gasteiger partial charge in [-0.3, -0.25) is 9.20 Å². The molecule has 6 rings (SSSR count). The van der Waals surface area contributed by atoms with Crippen LogP contribution in [0.3, 0.4) is 0 Å². The minimum Gasteiger partial charge on any atom is -0.390 e. The number of ether oxygens (including phenoxy) is 1. The molecule has 1 aliphatic carbocycles. The van der Waals surface area contributed by atoms with Crippen LogP contribution >= 0.6 is 22.7 Å². The molecule has 198 valence electrons. The molecule has 1 N–H and O–H groups in total. The number of imidazole rings is 1. The van der Waals surface area contributed by atoms with Gasteiger partial charge in [0.1, 0.15) is 5.69 Å². The number of carbonyl (C=O) groups excluding carboxylic acids is 2. The molecule has 1 aliphatic heterocycles. The van der Waals surface area contributed by atoms with E-state index in [9.17, 15) is 22.8 Å². The number of halogens is 3. The van der Waals surface area contributed by atoms with Gasteiger partial charge in [0.2, 0.25) is 11.6 Å². The van der Waals surface area contributed by atoms with E-state index < -0.39 is 23.8 Å². The standard InChI is InChI=1S/C25H22F3N5O3S2/c1-12-4-3-5-14(8-12)19-18(30-13(2)38-19)21(34)33-11-15-9-16(15)17(33)10-29-24(35)36-22-20(25(26,27)28)31-23-32(22)6-7-37-23/h3-8,15-17H,9-11H2,1-2H3,(H,29,35)/t15-,16-,17+/m0/s1. The van der Waals surface area contributed by atoms with Crippen molar-refractivity contribution in [3.05, 3.63) is 57.8 Å². The van der Waals surface area contributed by atoms with Gasteiger partial charge in [-0.15, -0.1) is 22.7 Å². The van der Waals surface area contributed by atoms with Crippen molar-refractivity contribution in [2.75, 3.05) is 13.1 Å². The number of fused-ring (bicyclic) bond motifs is 2. The molecular weight excluding hydrogens is 539 g/mol. The fourth-order valence-electron chi connectivity index (χ4n) is 5.12. The second-order valence-corrected chi connectivity index (χ2v) is 11.6. The number of alkyl halides is 3. The highest BCUT2D eigenvalue weighted by molar-refractivity contribution is 7.15. The predicted octanol–water partition coefficient (Wildman–Crippen LogP) is 5.40. The molecule has 3 atom stereocenters. The molecule has 0 radical (unpaired) electrons. The minimum absolute atomic E-state index is 0.0571. The van der Waals surface area contributed by atoms with Crippen molar-refractivity contribution >= 4 is 39.6 Å². The average molecular weight is 562 g/mol. The van der Waals surface area contributed by atoms with Crippen LogP contribution in [0.2, 0.25) is 0 Å². The van der Waals surface area contributed by atoms with Crippen LogP contribution in [0.25, 0.3) is 15.4 Å². The molecule has 2 fully saturated rings. The van der Waals surface area contributed by atoms with Gasteiger partial charge in [0.15, 0.2) is 4.96 Å². The first-order valence-corrected chi connectivity index (χ1v) is 13.6. The zero-order valence-electron chi connectivity index (χ0n) is 20.3. The van der Waals surface area contributed by atoms with Crippen molar-refractivity contribution in [3.63, 3.8) is 0 Å². The van der Waals surface area contributed by atoms with Gasteiger partial charge in [0.25, 0.3) is 5.91 Å². The molecule has 0 bridgehead atoms. The molecule has 2 amide bonds. The van der Waals surface area contributed by atoms with Gasteiger partial charge in [-0.25, -0.2) is 14.8 Å². The number of nitrogens with one attached hydrogen (secondary N) is 1. The Hall–Kier alpha value is -3.45. The topological polar surface area (TPSA) is 88.8 Å². The van der Waals surface area contributed by atoms with Gasteiger partial charge in [-0.05, 0) is 37.7 Å². The molecular formula is C25H22F3N5O3S2. The van der Waals surface area contributed by atoms with Crippen molar-refractivity contribution in [1.82, 2.24) is 24.6 Å². The van der Waals surface area contributed by atoms with E-state index in [2.05, 4.69) is 15.3 Å². The van der Waals surface area contributed by atoms with Gasteiger partial charge < -0.3 is 15.0 Å². The van der Waals surface area contributed by atoms with Crippen LogP contribution in [0, 0.1) is 25.7 Å². The summed E-state index contributed by atoms with van der Waals surface area (Å²) in [6, 6.07) is 7.57. The first-order valence-electron chi connectivity index (χ1n) is 11.9. The van der Waals surface area contributed by atoms with Crippen molar-refractivity contribution in [1.29, 1.82) is 0 Å². The summed E-state index contributed by atoms with van der Waals surface area (Å²) in [7, 11) is 0. The first-order chi connectivity index (χ1) is 18.1. The number of amides is 2. The van der Waals surface area contributed by atoms with E-state index in [1.807, 2.05) is 38.1 Å². The number of hydrogen-bond acceptors (Lipinski definition) is 7. The number of piperidine rings is 1. The molecule has 8 nitrogen and oxygen atoms in total. The Morgan fingerprint density at radius 3 is 2.82 bits per heavy atom. The van der Waals surface area contributed by atoms with Crippen LogP contribution in [-0.4, -0.2) is 50.4 Å². The van der Waals surface area contributed by atoms with E-state index >= 15 is 0 Å². The van der Waals surface area contributed by atoms with E-state index in [1.54, 1.807) is 10.3 Å². The molecule has 4 heterocycles. The molecule has 0 spiro atoms. The van der Waals surface area contributed by atoms with Gasteiger partial charge in [-0.1, -0.05) is 29.8 Å². The smallest absolute Gasteiger partial charge is 0.390 e. The highest BCUT2D eigenvalue weighted by Crippen LogP contribution is 2.50. The lowest BCUT2D eigenvalue weighted by Gasteiger charge is -2.27. The fourth-order valence-corrected chi connectivity index (χ4v) is 6.73. The van der Waals surface area contributed by atoms with Gasteiger partial charge in [0, 0.05) is 24.7 Å². The lowest BCUT2D eigenvalue weighted by atomic mass is 10.1. The number of aryl methyl sites for hydroxylation is 2. The summed E-state index contributed by atoms with van der Waals surface area (Å²) in [6.45, 7) is 4.44. The van der Waals surface area contributed by atoms with Crippen molar-refractivity contribution in [2.45, 2.75) is 32.5 Å². The highest BCUT2D eigenvalue weighted by Gasteiger charge is 2.54. The second-order valence-electron chi connectivity index (χ2n) is 9.55. The molecule has 1 saturated heterocycles. The molecule has 4 aromatic rings. The fraction of sp³-hybridized carbons (Fsp3) is 0.360. The molecule has 13 heteroatoms. The number of thiazole rings is 2. The van der Waals surface area contributed by atoms with Gasteiger partial charge in [-0.2, -0.15) is 13.2 Å². The van der Waals surface area contributed by atoms with E-state index in [1.165, 1.54) is 17.5 Å². The summed E-state index contributed by atoms with van der Waals surface area (Å²) >= 11 is 2.45. The quantitative estimate of drug-likeness (QED) is 0.352. The third kappa shape index (κ3) is 4.43. The Morgan fingerprint density at radius 1 is 1.24 bits per heavy atom. The third-order valence-electron chi connectivity index (χ3n) is 6.91. The zero-order valence-corrected chi connectivity index (χ0v) is 21.9. The van der Waals surface area contributed by atoms with Crippen molar-refractivity contribution in [2.24, 2.45) is 11.8 Å². The summed E-state index contributed by atoms with van der Waals surface area (Å²) in [6.07, 6.45) is -3.52. The Labute approximate surface area is 223 Å². The Bertz CT molecular complexity index is 1560. The maximum Gasteiger partial charge on any atom is 0.438 e. The number of rotatable bonds is 5. The van der Waals surface area contributed by atoms with Crippen LogP contribution in [0.5, 0.6) is 5.88 Å². The molecule has 3 aromatic heterocycles. The predicted molar refractivity (Wildman–Crippen MR) is 136 cm³/mol. The number of nitrogens with zero attached hydrogens (tertiary/aromatic N) is 4. The normalized spacial score (nSPS) is 20.6. The number of likely N-dealkylation sites (tertiary alicyclic amines) is 1. The summed E-state index contributed by atoms with van der Waals surface area (Å²) in [5.74, 6) is -0.351. The van der Waals surface area contributed by atoms with E-state index in [0.717, 1.165) is 43.2 Å². The van der Waals surface area contributed by atoms with Gasteiger partial charge in [0.05, 0.1) is 15.9 Å². The van der Waals surface area contributed by atoms with Crippen LogP contribution in [0.4, 0.5) is 18.0 Å². The number of aromatic nitrogens is 3. The van der Waals surface area contributed by atoms with Crippen LogP contribution in [0.15, 0.2) is 35.8 Å². The Balaban J connectivity index is 1.19. The monoisotopic (exact) mass is 561 g/mol. The number of carbonyl (C=O) groups is 2. The minimum atomic E-state index is -4.78. The molecule has 2 aliphatic rings. The SMILES string of the molecule is Cc1cccc(-c2sc(C)nc2C(=O)N2C[C@@H]3C[C@@H]3[C@H]2CNC(=O)Oc2c(C(F)(F)F)nc3sccn23)c1. The summed E-state index contributed by atoms with van der Waals surface area (Å²) in [5, 5.41) is 4.89. The van der Waals surface area contributed by atoms with Crippen molar-refractivity contribution < 1.29 is 27.5 Å². The van der Waals surface area contributed by atoms with Gasteiger partial charge >= 0.3 is 12.3 Å². The second kappa shape index (κ2) is 9.09.